The van der Waals surface area contributed by atoms with Crippen LogP contribution < -0.4 is 15.4 Å². The highest BCUT2D eigenvalue weighted by atomic mass is 16.5. The molecule has 0 fully saturated rings. The molecule has 0 saturated heterocycles. The number of benzene rings is 3. The van der Waals surface area contributed by atoms with E-state index in [0.29, 0.717) is 6.61 Å². The molecule has 0 aromatic heterocycles. The lowest BCUT2D eigenvalue weighted by atomic mass is 9.93. The molecule has 2 unspecified atom stereocenters. The van der Waals surface area contributed by atoms with Gasteiger partial charge in [-0.1, -0.05) is 78.4 Å². The summed E-state index contributed by atoms with van der Waals surface area (Å²) in [7, 11) is 2.01. The average molecular weight is 361 g/mol. The fourth-order valence-corrected chi connectivity index (χ4v) is 3.29. The van der Waals surface area contributed by atoms with Gasteiger partial charge in [0.25, 0.3) is 0 Å². The van der Waals surface area contributed by atoms with Crippen LogP contribution in [0.4, 0.5) is 0 Å². The summed E-state index contributed by atoms with van der Waals surface area (Å²) in [6.07, 6.45) is 0. The maximum atomic E-state index is 5.88. The van der Waals surface area contributed by atoms with E-state index in [1.54, 1.807) is 0 Å². The summed E-state index contributed by atoms with van der Waals surface area (Å²) < 4.78 is 5.88. The van der Waals surface area contributed by atoms with Gasteiger partial charge in [0.1, 0.15) is 12.4 Å². The van der Waals surface area contributed by atoms with Crippen molar-refractivity contribution >= 4 is 0 Å². The van der Waals surface area contributed by atoms with E-state index < -0.39 is 0 Å². The van der Waals surface area contributed by atoms with Crippen molar-refractivity contribution in [2.24, 2.45) is 0 Å². The van der Waals surface area contributed by atoms with E-state index in [1.165, 1.54) is 16.7 Å². The van der Waals surface area contributed by atoms with E-state index in [2.05, 4.69) is 90.4 Å². The Bertz CT molecular complexity index is 788. The first-order valence-corrected chi connectivity index (χ1v) is 9.48. The van der Waals surface area contributed by atoms with Crippen LogP contribution in [0.2, 0.25) is 0 Å². The van der Waals surface area contributed by atoms with Crippen LogP contribution in [0.15, 0.2) is 84.9 Å². The van der Waals surface area contributed by atoms with Gasteiger partial charge in [-0.2, -0.15) is 0 Å². The smallest absolute Gasteiger partial charge is 0.119 e. The summed E-state index contributed by atoms with van der Waals surface area (Å²) in [5.74, 6) is 0.909. The van der Waals surface area contributed by atoms with Gasteiger partial charge in [-0.3, -0.25) is 0 Å². The fraction of sp³-hybridized carbons (Fsp3) is 0.250. The van der Waals surface area contributed by atoms with Crippen LogP contribution in [-0.2, 0) is 0 Å². The van der Waals surface area contributed by atoms with E-state index in [-0.39, 0.29) is 12.1 Å². The molecule has 3 aromatic carbocycles. The van der Waals surface area contributed by atoms with Crippen LogP contribution in [0.5, 0.6) is 5.75 Å². The average Bonchev–Trinajstić information content (AvgIpc) is 2.73. The molecule has 2 N–H and O–H groups in total. The number of likely N-dealkylation sites (N-methyl/N-ethyl adjacent to an activating group) is 1. The number of hydrogen-bond acceptors (Lipinski definition) is 3. The van der Waals surface area contributed by atoms with Crippen LogP contribution in [0.1, 0.15) is 28.8 Å². The Morgan fingerprint density at radius 1 is 0.741 bits per heavy atom. The molecule has 27 heavy (non-hydrogen) atoms. The third-order valence-electron chi connectivity index (χ3n) is 4.72. The second-order valence-electron chi connectivity index (χ2n) is 6.68. The highest BCUT2D eigenvalue weighted by molar-refractivity contribution is 5.28. The monoisotopic (exact) mass is 360 g/mol. The molecule has 0 aliphatic heterocycles. The zero-order valence-corrected chi connectivity index (χ0v) is 16.1. The molecule has 3 nitrogen and oxygen atoms in total. The lowest BCUT2D eigenvalue weighted by Crippen LogP contribution is -2.35. The molecule has 0 saturated carbocycles. The summed E-state index contributed by atoms with van der Waals surface area (Å²) in [6.45, 7) is 3.47. The predicted octanol–water partition coefficient (Wildman–Crippen LogP) is 4.67. The third-order valence-corrected chi connectivity index (χ3v) is 4.72. The SMILES string of the molecule is CNC(c1ccccc1)C(NCCOc1ccc(C)cc1)c1ccccc1. The van der Waals surface area contributed by atoms with Crippen LogP contribution >= 0.6 is 0 Å². The Morgan fingerprint density at radius 3 is 1.85 bits per heavy atom. The topological polar surface area (TPSA) is 33.3 Å². The van der Waals surface area contributed by atoms with Crippen molar-refractivity contribution in [2.75, 3.05) is 20.2 Å². The lowest BCUT2D eigenvalue weighted by molar-refractivity contribution is 0.294. The lowest BCUT2D eigenvalue weighted by Gasteiger charge is -2.29. The van der Waals surface area contributed by atoms with Gasteiger partial charge >= 0.3 is 0 Å². The van der Waals surface area contributed by atoms with E-state index in [1.807, 2.05) is 19.2 Å². The zero-order valence-electron chi connectivity index (χ0n) is 16.1. The Balaban J connectivity index is 1.68. The van der Waals surface area contributed by atoms with Crippen LogP contribution in [0.25, 0.3) is 0 Å². The quantitative estimate of drug-likeness (QED) is 0.544. The molecule has 0 spiro atoms. The summed E-state index contributed by atoms with van der Waals surface area (Å²) in [5, 5.41) is 7.16. The zero-order chi connectivity index (χ0) is 18.9. The first-order valence-electron chi connectivity index (χ1n) is 9.48. The molecule has 3 heteroatoms. The Labute approximate surface area is 162 Å². The number of rotatable bonds is 9. The molecule has 0 radical (unpaired) electrons. The van der Waals surface area contributed by atoms with E-state index >= 15 is 0 Å². The van der Waals surface area contributed by atoms with Gasteiger partial charge in [-0.15, -0.1) is 0 Å². The first-order chi connectivity index (χ1) is 13.3. The predicted molar refractivity (Wildman–Crippen MR) is 112 cm³/mol. The van der Waals surface area contributed by atoms with Gasteiger partial charge in [-0.05, 0) is 37.2 Å². The van der Waals surface area contributed by atoms with E-state index in [9.17, 15) is 0 Å². The second kappa shape index (κ2) is 9.91. The molecule has 0 amide bonds. The first kappa shape index (κ1) is 19.2. The highest BCUT2D eigenvalue weighted by Crippen LogP contribution is 2.28. The summed E-state index contributed by atoms with van der Waals surface area (Å²) in [5.41, 5.74) is 3.76. The second-order valence-corrected chi connectivity index (χ2v) is 6.68. The molecule has 0 heterocycles. The molecule has 0 aliphatic carbocycles. The fourth-order valence-electron chi connectivity index (χ4n) is 3.29. The van der Waals surface area contributed by atoms with E-state index in [4.69, 9.17) is 4.74 Å². The molecule has 0 aliphatic rings. The van der Waals surface area contributed by atoms with Crippen molar-refractivity contribution in [1.29, 1.82) is 0 Å². The molecule has 0 bridgehead atoms. The minimum atomic E-state index is 0.153. The van der Waals surface area contributed by atoms with Gasteiger partial charge in [0.2, 0.25) is 0 Å². The summed E-state index contributed by atoms with van der Waals surface area (Å²) in [4.78, 5) is 0. The van der Waals surface area contributed by atoms with Crippen molar-refractivity contribution in [3.63, 3.8) is 0 Å². The van der Waals surface area contributed by atoms with Gasteiger partial charge < -0.3 is 15.4 Å². The minimum Gasteiger partial charge on any atom is -0.492 e. The van der Waals surface area contributed by atoms with Crippen LogP contribution in [0, 0.1) is 6.92 Å². The largest absolute Gasteiger partial charge is 0.492 e. The molecule has 3 aromatic rings. The number of aryl methyl sites for hydroxylation is 1. The molecular formula is C24H28N2O. The van der Waals surface area contributed by atoms with Gasteiger partial charge in [0, 0.05) is 6.54 Å². The minimum absolute atomic E-state index is 0.153. The molecular weight excluding hydrogens is 332 g/mol. The van der Waals surface area contributed by atoms with Crippen molar-refractivity contribution in [3.8, 4) is 5.75 Å². The normalized spacial score (nSPS) is 13.1. The third kappa shape index (κ3) is 5.43. The maximum absolute atomic E-state index is 5.88. The number of ether oxygens (including phenoxy) is 1. The molecule has 140 valence electrons. The number of hydrogen-bond donors (Lipinski definition) is 2. The number of nitrogens with one attached hydrogen (secondary N) is 2. The standard InChI is InChI=1S/C24H28N2O/c1-19-13-15-22(16-14-19)27-18-17-26-24(21-11-7-4-8-12-21)23(25-2)20-9-5-3-6-10-20/h3-16,23-26H,17-18H2,1-2H3. The Morgan fingerprint density at radius 2 is 1.30 bits per heavy atom. The van der Waals surface area contributed by atoms with E-state index in [0.717, 1.165) is 12.3 Å². The van der Waals surface area contributed by atoms with Crippen LogP contribution in [0.3, 0.4) is 0 Å². The van der Waals surface area contributed by atoms with Gasteiger partial charge in [0.05, 0.1) is 12.1 Å². The summed E-state index contributed by atoms with van der Waals surface area (Å²) in [6, 6.07) is 29.6. The maximum Gasteiger partial charge on any atom is 0.119 e. The highest BCUT2D eigenvalue weighted by Gasteiger charge is 2.22. The van der Waals surface area contributed by atoms with Crippen molar-refractivity contribution in [1.82, 2.24) is 10.6 Å². The van der Waals surface area contributed by atoms with Crippen molar-refractivity contribution < 1.29 is 4.74 Å². The Kier molecular flexibility index (Phi) is 7.03. The summed E-state index contributed by atoms with van der Waals surface area (Å²) >= 11 is 0. The van der Waals surface area contributed by atoms with Crippen molar-refractivity contribution in [3.05, 3.63) is 102 Å². The van der Waals surface area contributed by atoms with Crippen molar-refractivity contribution in [2.45, 2.75) is 19.0 Å². The molecule has 2 atom stereocenters. The van der Waals surface area contributed by atoms with Gasteiger partial charge in [0.15, 0.2) is 0 Å². The van der Waals surface area contributed by atoms with Crippen LogP contribution in [-0.4, -0.2) is 20.2 Å². The van der Waals surface area contributed by atoms with Gasteiger partial charge in [-0.25, -0.2) is 0 Å². The Hall–Kier alpha value is -2.62. The molecule has 3 rings (SSSR count).